The van der Waals surface area contributed by atoms with Gasteiger partial charge in [-0.05, 0) is 0 Å². The van der Waals surface area contributed by atoms with Gasteiger partial charge in [0.1, 0.15) is 0 Å². The number of nitrogens with one attached hydrogen (secondary N) is 1. The van der Waals surface area contributed by atoms with Gasteiger partial charge in [0.25, 0.3) is 0 Å². The van der Waals surface area contributed by atoms with Crippen molar-refractivity contribution >= 4 is 0 Å². The van der Waals surface area contributed by atoms with E-state index in [1.807, 2.05) is 0 Å². The van der Waals surface area contributed by atoms with Crippen molar-refractivity contribution in [3.05, 3.63) is 0 Å². The van der Waals surface area contributed by atoms with Crippen LogP contribution in [0.25, 0.3) is 0 Å². The lowest BCUT2D eigenvalue weighted by Crippen LogP contribution is -3.12. The van der Waals surface area contributed by atoms with Crippen molar-refractivity contribution in [2.75, 3.05) is 14.1 Å². The zero-order valence-corrected chi connectivity index (χ0v) is 4.13. The van der Waals surface area contributed by atoms with Gasteiger partial charge < -0.3 is 0 Å². The first-order chi connectivity index (χ1) is 2.94. The minimum absolute atomic E-state index is 0.507. The molecule has 44 valence electrons. The zero-order chi connectivity index (χ0) is 6.08. The molecule has 0 aliphatic rings. The van der Waals surface area contributed by atoms with E-state index in [1.165, 1.54) is 0 Å². The minimum Gasteiger partial charge on any atom is -0.247 e. The number of hydrogen-bond donors (Lipinski definition) is 1. The molecule has 0 radical (unpaired) electrons. The van der Waals surface area contributed by atoms with Crippen molar-refractivity contribution in [1.82, 2.24) is 0 Å². The van der Waals surface area contributed by atoms with E-state index in [2.05, 4.69) is 0 Å². The van der Waals surface area contributed by atoms with Crippen LogP contribution >= 0.6 is 0 Å². The molecule has 0 saturated carbocycles. The monoisotopic (exact) mass is 114 g/mol. The highest BCUT2D eigenvalue weighted by molar-refractivity contribution is 4.11. The van der Waals surface area contributed by atoms with Gasteiger partial charge in [-0.15, -0.1) is 13.2 Å². The quantitative estimate of drug-likeness (QED) is 0.410. The van der Waals surface area contributed by atoms with Crippen molar-refractivity contribution in [3.8, 4) is 0 Å². The molecule has 0 amide bonds. The fourth-order valence-electron chi connectivity index (χ4n) is 0. The Morgan fingerprint density at radius 2 is 1.29 bits per heavy atom. The molecule has 0 bridgehead atoms. The minimum atomic E-state index is -4.08. The maximum absolute atomic E-state index is 11.1. The Balaban J connectivity index is 3.54. The molecule has 0 aromatic rings. The van der Waals surface area contributed by atoms with Gasteiger partial charge in [0.2, 0.25) is 0 Å². The van der Waals surface area contributed by atoms with Crippen LogP contribution in [0.4, 0.5) is 13.2 Å². The van der Waals surface area contributed by atoms with Crippen molar-refractivity contribution in [2.45, 2.75) is 6.30 Å². The molecule has 0 aliphatic heterocycles. The van der Waals surface area contributed by atoms with E-state index in [1.54, 1.807) is 0 Å². The first kappa shape index (κ1) is 6.75. The Bertz CT molecular complexity index is 55.7. The fraction of sp³-hybridized carbons (Fsp3) is 1.00. The second kappa shape index (κ2) is 1.69. The summed E-state index contributed by atoms with van der Waals surface area (Å²) in [6, 6.07) is 0. The largest absolute Gasteiger partial charge is 0.559 e. The van der Waals surface area contributed by atoms with Crippen LogP contribution in [-0.2, 0) is 0 Å². The van der Waals surface area contributed by atoms with Gasteiger partial charge in [0.15, 0.2) is 0 Å². The van der Waals surface area contributed by atoms with Crippen molar-refractivity contribution in [1.29, 1.82) is 0 Å². The molecule has 0 rings (SSSR count). The predicted octanol–water partition coefficient (Wildman–Crippen LogP) is -0.349. The third-order valence-electron chi connectivity index (χ3n) is 0.567. The third kappa shape index (κ3) is 2.45. The van der Waals surface area contributed by atoms with Crippen LogP contribution in [0.1, 0.15) is 0 Å². The van der Waals surface area contributed by atoms with Gasteiger partial charge in [-0.3, -0.25) is 0 Å². The number of alkyl halides is 3. The summed E-state index contributed by atoms with van der Waals surface area (Å²) in [6.45, 7) is 0. The molecule has 0 fully saturated rings. The molecule has 7 heavy (non-hydrogen) atoms. The average Bonchev–Trinajstić information content (AvgIpc) is 1.31. The van der Waals surface area contributed by atoms with Gasteiger partial charge in [0, 0.05) is 0 Å². The molecule has 0 aromatic heterocycles. The van der Waals surface area contributed by atoms with Crippen LogP contribution in [0.2, 0.25) is 0 Å². The van der Waals surface area contributed by atoms with Crippen LogP contribution in [0.3, 0.4) is 0 Å². The Hall–Kier alpha value is -0.250. The molecule has 4 heteroatoms. The van der Waals surface area contributed by atoms with E-state index < -0.39 is 11.2 Å². The van der Waals surface area contributed by atoms with E-state index in [0.29, 0.717) is 0 Å². The van der Waals surface area contributed by atoms with E-state index in [0.717, 1.165) is 14.1 Å². The number of rotatable bonds is 0. The Kier molecular flexibility index (Phi) is 1.63. The SMILES string of the molecule is C[NH+](C)C(F)(F)F. The molecule has 1 N–H and O–H groups in total. The maximum atomic E-state index is 11.1. The number of hydrogen-bond acceptors (Lipinski definition) is 0. The fourth-order valence-corrected chi connectivity index (χ4v) is 0. The van der Waals surface area contributed by atoms with Crippen molar-refractivity contribution in [3.63, 3.8) is 0 Å². The maximum Gasteiger partial charge on any atom is 0.559 e. The van der Waals surface area contributed by atoms with Crippen molar-refractivity contribution < 1.29 is 18.1 Å². The van der Waals surface area contributed by atoms with Crippen LogP contribution in [0.5, 0.6) is 0 Å². The molecule has 1 nitrogen and oxygen atoms in total. The Labute approximate surface area is 39.7 Å². The van der Waals surface area contributed by atoms with Gasteiger partial charge in [-0.1, -0.05) is 0 Å². The summed E-state index contributed by atoms with van der Waals surface area (Å²) in [5.41, 5.74) is 0. The van der Waals surface area contributed by atoms with Crippen LogP contribution in [0, 0.1) is 0 Å². The standard InChI is InChI=1S/C3H6F3N/c1-7(2)3(4,5)6/h1-2H3/p+1. The summed E-state index contributed by atoms with van der Waals surface area (Å²) in [7, 11) is 2.08. The lowest BCUT2D eigenvalue weighted by Gasteiger charge is -2.08. The van der Waals surface area contributed by atoms with Gasteiger partial charge >= 0.3 is 6.30 Å². The van der Waals surface area contributed by atoms with E-state index in [-0.39, 0.29) is 0 Å². The summed E-state index contributed by atoms with van der Waals surface area (Å²) in [5.74, 6) is 0. The van der Waals surface area contributed by atoms with E-state index in [9.17, 15) is 13.2 Å². The molecular formula is C3H7F3N+. The van der Waals surface area contributed by atoms with Gasteiger partial charge in [-0.2, -0.15) is 0 Å². The average molecular weight is 114 g/mol. The number of halogens is 3. The second-order valence-corrected chi connectivity index (χ2v) is 1.50. The van der Waals surface area contributed by atoms with Gasteiger partial charge in [0.05, 0.1) is 14.1 Å². The molecule has 0 spiro atoms. The summed E-state index contributed by atoms with van der Waals surface area (Å²) < 4.78 is 33.4. The lowest BCUT2D eigenvalue weighted by molar-refractivity contribution is -0.976. The highest BCUT2D eigenvalue weighted by Gasteiger charge is 2.36. The molecule has 0 heterocycles. The van der Waals surface area contributed by atoms with Gasteiger partial charge in [-0.25, -0.2) is 4.90 Å². The zero-order valence-electron chi connectivity index (χ0n) is 4.13. The number of quaternary nitrogens is 1. The molecule has 0 aliphatic carbocycles. The predicted molar refractivity (Wildman–Crippen MR) is 18.9 cm³/mol. The lowest BCUT2D eigenvalue weighted by atomic mass is 10.9. The van der Waals surface area contributed by atoms with Crippen LogP contribution in [0.15, 0.2) is 0 Å². The highest BCUT2D eigenvalue weighted by atomic mass is 19.4. The summed E-state index contributed by atoms with van der Waals surface area (Å²) in [4.78, 5) is -0.507. The summed E-state index contributed by atoms with van der Waals surface area (Å²) in [6.07, 6.45) is -4.08. The molecule has 0 saturated heterocycles. The molecule has 0 aromatic carbocycles. The van der Waals surface area contributed by atoms with Crippen LogP contribution < -0.4 is 4.90 Å². The topological polar surface area (TPSA) is 4.44 Å². The van der Waals surface area contributed by atoms with E-state index in [4.69, 9.17) is 0 Å². The summed E-state index contributed by atoms with van der Waals surface area (Å²) >= 11 is 0. The van der Waals surface area contributed by atoms with Crippen molar-refractivity contribution in [2.24, 2.45) is 0 Å². The highest BCUT2D eigenvalue weighted by Crippen LogP contribution is 2.01. The second-order valence-electron chi connectivity index (χ2n) is 1.50. The smallest absolute Gasteiger partial charge is 0.247 e. The molecular weight excluding hydrogens is 107 g/mol. The van der Waals surface area contributed by atoms with E-state index >= 15 is 0 Å². The first-order valence-corrected chi connectivity index (χ1v) is 1.82. The third-order valence-corrected chi connectivity index (χ3v) is 0.567. The first-order valence-electron chi connectivity index (χ1n) is 1.82. The molecule has 0 atom stereocenters. The van der Waals surface area contributed by atoms with Crippen LogP contribution in [-0.4, -0.2) is 20.4 Å². The normalized spacial score (nSPS) is 12.9. The Morgan fingerprint density at radius 1 is 1.14 bits per heavy atom. The Morgan fingerprint density at radius 3 is 1.29 bits per heavy atom. The molecule has 0 unspecified atom stereocenters. The summed E-state index contributed by atoms with van der Waals surface area (Å²) in [5, 5.41) is 0.